The monoisotopic (exact) mass is 436 g/mol. The third kappa shape index (κ3) is 4.18. The lowest BCUT2D eigenvalue weighted by Crippen LogP contribution is -2.40. The molecule has 2 aromatic carbocycles. The number of ether oxygens (including phenoxy) is 2. The Balaban J connectivity index is 1.50. The first-order chi connectivity index (χ1) is 15.4. The fourth-order valence-corrected chi connectivity index (χ4v) is 4.68. The maximum absolute atomic E-state index is 13.4. The number of amides is 2. The Labute approximate surface area is 190 Å². The van der Waals surface area contributed by atoms with Crippen LogP contribution in [0, 0.1) is 19.8 Å². The van der Waals surface area contributed by atoms with Gasteiger partial charge in [0.15, 0.2) is 11.5 Å². The van der Waals surface area contributed by atoms with Crippen molar-refractivity contribution in [1.82, 2.24) is 4.90 Å². The van der Waals surface area contributed by atoms with Gasteiger partial charge in [0.25, 0.3) is 0 Å². The van der Waals surface area contributed by atoms with Crippen molar-refractivity contribution in [1.29, 1.82) is 0 Å². The van der Waals surface area contributed by atoms with Crippen LogP contribution in [0.1, 0.15) is 42.5 Å². The van der Waals surface area contributed by atoms with Crippen LogP contribution in [0.15, 0.2) is 30.3 Å². The molecule has 1 saturated heterocycles. The molecule has 0 unspecified atom stereocenters. The highest BCUT2D eigenvalue weighted by Crippen LogP contribution is 2.35. The minimum Gasteiger partial charge on any atom is -0.490 e. The van der Waals surface area contributed by atoms with E-state index in [4.69, 9.17) is 9.47 Å². The summed E-state index contributed by atoms with van der Waals surface area (Å²) in [6, 6.07) is 10.0. The van der Waals surface area contributed by atoms with E-state index >= 15 is 0 Å². The van der Waals surface area contributed by atoms with Crippen LogP contribution in [0.25, 0.3) is 0 Å². The van der Waals surface area contributed by atoms with Gasteiger partial charge in [-0.3, -0.25) is 9.59 Å². The summed E-state index contributed by atoms with van der Waals surface area (Å²) in [6.45, 7) is 10.7. The molecule has 0 bridgehead atoms. The first kappa shape index (κ1) is 22.2. The Morgan fingerprint density at radius 2 is 1.75 bits per heavy atom. The molecule has 32 heavy (non-hydrogen) atoms. The molecule has 4 rings (SSSR count). The third-order valence-electron chi connectivity index (χ3n) is 6.53. The van der Waals surface area contributed by atoms with Crippen molar-refractivity contribution < 1.29 is 19.1 Å². The Hall–Kier alpha value is -3.02. The zero-order valence-corrected chi connectivity index (χ0v) is 19.4. The summed E-state index contributed by atoms with van der Waals surface area (Å²) in [5.41, 5.74) is 5.44. The molecule has 1 atom stereocenters. The average Bonchev–Trinajstić information content (AvgIpc) is 3.17. The van der Waals surface area contributed by atoms with Gasteiger partial charge in [0.2, 0.25) is 11.8 Å². The van der Waals surface area contributed by atoms with E-state index in [1.54, 1.807) is 4.90 Å². The van der Waals surface area contributed by atoms with Crippen molar-refractivity contribution in [2.24, 2.45) is 5.92 Å². The highest BCUT2D eigenvalue weighted by atomic mass is 16.5. The Kier molecular flexibility index (Phi) is 6.40. The molecular formula is C26H32N2O4. The van der Waals surface area contributed by atoms with Crippen molar-refractivity contribution in [3.05, 3.63) is 52.6 Å². The average molecular weight is 437 g/mol. The van der Waals surface area contributed by atoms with Crippen LogP contribution < -0.4 is 14.4 Å². The number of anilines is 1. The first-order valence-electron chi connectivity index (χ1n) is 11.5. The zero-order valence-electron chi connectivity index (χ0n) is 19.4. The third-order valence-corrected chi connectivity index (χ3v) is 6.53. The van der Waals surface area contributed by atoms with Gasteiger partial charge < -0.3 is 19.3 Å². The smallest absolute Gasteiger partial charge is 0.228 e. The minimum atomic E-state index is -0.307. The number of fused-ring (bicyclic) bond motifs is 1. The van der Waals surface area contributed by atoms with Gasteiger partial charge in [-0.2, -0.15) is 0 Å². The van der Waals surface area contributed by atoms with Crippen molar-refractivity contribution >= 4 is 17.5 Å². The Bertz CT molecular complexity index is 1030. The molecule has 0 radical (unpaired) electrons. The maximum Gasteiger partial charge on any atom is 0.228 e. The summed E-state index contributed by atoms with van der Waals surface area (Å²) in [4.78, 5) is 29.8. The minimum absolute atomic E-state index is 0.0226. The molecule has 2 aromatic rings. The first-order valence-corrected chi connectivity index (χ1v) is 11.5. The summed E-state index contributed by atoms with van der Waals surface area (Å²) in [5.74, 6) is 1.26. The second-order valence-corrected chi connectivity index (χ2v) is 8.57. The van der Waals surface area contributed by atoms with E-state index in [1.807, 2.05) is 62.9 Å². The standard InChI is InChI=1S/C26H32N2O4/c1-5-31-23-12-19-10-11-27(15-20(19)13-24(23)32-6-2)26(30)21-14-25(29)28(16-21)22-9-7-8-17(3)18(22)4/h7-9,12-13,21H,5-6,10-11,14-16H2,1-4H3/t21-/m0/s1. The molecule has 1 fully saturated rings. The predicted molar refractivity (Wildman–Crippen MR) is 124 cm³/mol. The highest BCUT2D eigenvalue weighted by Gasteiger charge is 2.38. The molecule has 0 saturated carbocycles. The number of nitrogens with zero attached hydrogens (tertiary/aromatic N) is 2. The highest BCUT2D eigenvalue weighted by molar-refractivity contribution is 6.01. The Morgan fingerprint density at radius 1 is 1.06 bits per heavy atom. The van der Waals surface area contributed by atoms with E-state index in [0.29, 0.717) is 32.8 Å². The summed E-state index contributed by atoms with van der Waals surface area (Å²) in [7, 11) is 0. The van der Waals surface area contributed by atoms with E-state index in [9.17, 15) is 9.59 Å². The topological polar surface area (TPSA) is 59.1 Å². The number of carbonyl (C=O) groups is 2. The van der Waals surface area contributed by atoms with Gasteiger partial charge in [-0.1, -0.05) is 12.1 Å². The van der Waals surface area contributed by atoms with E-state index < -0.39 is 0 Å². The maximum atomic E-state index is 13.4. The molecule has 0 aromatic heterocycles. The fourth-order valence-electron chi connectivity index (χ4n) is 4.68. The lowest BCUT2D eigenvalue weighted by atomic mass is 9.97. The van der Waals surface area contributed by atoms with Gasteiger partial charge in [0.1, 0.15) is 0 Å². The van der Waals surface area contributed by atoms with Crippen molar-refractivity contribution in [2.75, 3.05) is 31.2 Å². The van der Waals surface area contributed by atoms with Crippen LogP contribution in [-0.2, 0) is 22.6 Å². The fraction of sp³-hybridized carbons (Fsp3) is 0.462. The van der Waals surface area contributed by atoms with Crippen molar-refractivity contribution in [3.8, 4) is 11.5 Å². The van der Waals surface area contributed by atoms with E-state index in [2.05, 4.69) is 0 Å². The number of hydrogen-bond acceptors (Lipinski definition) is 4. The van der Waals surface area contributed by atoms with Crippen LogP contribution in [0.3, 0.4) is 0 Å². The van der Waals surface area contributed by atoms with Gasteiger partial charge in [0.05, 0.1) is 19.1 Å². The molecular weight excluding hydrogens is 404 g/mol. The number of benzene rings is 2. The van der Waals surface area contributed by atoms with Gasteiger partial charge in [-0.25, -0.2) is 0 Å². The normalized spacial score (nSPS) is 18.0. The van der Waals surface area contributed by atoms with Gasteiger partial charge in [-0.15, -0.1) is 0 Å². The number of hydrogen-bond donors (Lipinski definition) is 0. The van der Waals surface area contributed by atoms with Gasteiger partial charge >= 0.3 is 0 Å². The van der Waals surface area contributed by atoms with E-state index in [0.717, 1.165) is 40.3 Å². The van der Waals surface area contributed by atoms with E-state index in [-0.39, 0.29) is 24.2 Å². The van der Waals surface area contributed by atoms with E-state index in [1.165, 1.54) is 5.56 Å². The molecule has 6 nitrogen and oxygen atoms in total. The summed E-state index contributed by atoms with van der Waals surface area (Å²) in [6.07, 6.45) is 1.04. The van der Waals surface area contributed by atoms with Crippen LogP contribution in [0.5, 0.6) is 11.5 Å². The van der Waals surface area contributed by atoms with Gasteiger partial charge in [0, 0.05) is 31.7 Å². The number of aryl methyl sites for hydroxylation is 1. The van der Waals surface area contributed by atoms with Crippen LogP contribution in [0.4, 0.5) is 5.69 Å². The molecule has 2 aliphatic rings. The molecule has 0 spiro atoms. The SMILES string of the molecule is CCOc1cc2c(cc1OCC)CN(C(=O)[C@H]1CC(=O)N(c3cccc(C)c3C)C1)CC2. The molecule has 0 aliphatic carbocycles. The van der Waals surface area contributed by atoms with Crippen LogP contribution >= 0.6 is 0 Å². The van der Waals surface area contributed by atoms with Gasteiger partial charge in [-0.05, 0) is 74.6 Å². The summed E-state index contributed by atoms with van der Waals surface area (Å²) >= 11 is 0. The molecule has 6 heteroatoms. The second-order valence-electron chi connectivity index (χ2n) is 8.57. The van der Waals surface area contributed by atoms with Crippen molar-refractivity contribution in [2.45, 2.75) is 47.1 Å². The molecule has 0 N–H and O–H groups in total. The second kappa shape index (κ2) is 9.23. The largest absolute Gasteiger partial charge is 0.490 e. The molecule has 2 heterocycles. The molecule has 2 aliphatic heterocycles. The zero-order chi connectivity index (χ0) is 22.8. The number of carbonyl (C=O) groups excluding carboxylic acids is 2. The quantitative estimate of drug-likeness (QED) is 0.686. The summed E-state index contributed by atoms with van der Waals surface area (Å²) in [5, 5.41) is 0. The molecule has 170 valence electrons. The van der Waals surface area contributed by atoms with Crippen molar-refractivity contribution in [3.63, 3.8) is 0 Å². The lowest BCUT2D eigenvalue weighted by Gasteiger charge is -2.31. The number of rotatable bonds is 6. The van der Waals surface area contributed by atoms with Crippen LogP contribution in [-0.4, -0.2) is 43.0 Å². The lowest BCUT2D eigenvalue weighted by molar-refractivity contribution is -0.136. The molecule has 2 amide bonds. The van der Waals surface area contributed by atoms with Crippen LogP contribution in [0.2, 0.25) is 0 Å². The predicted octanol–water partition coefficient (Wildman–Crippen LogP) is 4.04. The Morgan fingerprint density at radius 3 is 2.44 bits per heavy atom. The summed E-state index contributed by atoms with van der Waals surface area (Å²) < 4.78 is 11.5.